The molecule has 0 aliphatic heterocycles. The Morgan fingerprint density at radius 1 is 1.12 bits per heavy atom. The zero-order chi connectivity index (χ0) is 18.1. The summed E-state index contributed by atoms with van der Waals surface area (Å²) in [5, 5.41) is 0. The van der Waals surface area contributed by atoms with Crippen molar-refractivity contribution >= 4 is 38.7 Å². The number of aryl methyl sites for hydroxylation is 2. The van der Waals surface area contributed by atoms with Crippen LogP contribution in [0.4, 0.5) is 5.69 Å². The first kappa shape index (κ1) is 17.0. The Kier molecular flexibility index (Phi) is 4.38. The number of hydrogen-bond acceptors (Lipinski definition) is 4. The van der Waals surface area contributed by atoms with Crippen molar-refractivity contribution in [2.45, 2.75) is 12.8 Å². The summed E-state index contributed by atoms with van der Waals surface area (Å²) in [5.41, 5.74) is 8.01. The highest BCUT2D eigenvalue weighted by Crippen LogP contribution is 2.35. The van der Waals surface area contributed by atoms with E-state index in [2.05, 4.69) is 34.0 Å². The zero-order valence-corrected chi connectivity index (χ0v) is 15.9. The fourth-order valence-corrected chi connectivity index (χ4v) is 4.60. The third kappa shape index (κ3) is 3.57. The maximum Gasteiger partial charge on any atom is 0.229 e. The molecule has 0 saturated heterocycles. The smallest absolute Gasteiger partial charge is 0.229 e. The summed E-state index contributed by atoms with van der Waals surface area (Å²) < 4.78 is 25.5. The highest BCUT2D eigenvalue weighted by molar-refractivity contribution is 7.92. The lowest BCUT2D eigenvalue weighted by Gasteiger charge is -2.10. The summed E-state index contributed by atoms with van der Waals surface area (Å²) in [5.74, 6) is 0. The molecule has 3 aromatic rings. The van der Waals surface area contributed by atoms with E-state index < -0.39 is 10.0 Å². The predicted molar refractivity (Wildman–Crippen MR) is 108 cm³/mol. The number of thiazole rings is 1. The van der Waals surface area contributed by atoms with Gasteiger partial charge in [0.05, 0.1) is 17.5 Å². The molecule has 4 rings (SSSR count). The van der Waals surface area contributed by atoms with Crippen LogP contribution in [0, 0.1) is 0 Å². The molecule has 1 heterocycles. The highest BCUT2D eigenvalue weighted by Gasteiger charge is 2.20. The van der Waals surface area contributed by atoms with Crippen molar-refractivity contribution in [2.24, 2.45) is 0 Å². The Morgan fingerprint density at radius 3 is 2.81 bits per heavy atom. The van der Waals surface area contributed by atoms with E-state index in [-0.39, 0.29) is 0 Å². The van der Waals surface area contributed by atoms with E-state index >= 15 is 0 Å². The highest BCUT2D eigenvalue weighted by atomic mass is 32.2. The minimum atomic E-state index is -3.30. The molecule has 1 aliphatic carbocycles. The van der Waals surface area contributed by atoms with Crippen LogP contribution < -0.4 is 4.72 Å². The van der Waals surface area contributed by atoms with Crippen molar-refractivity contribution in [1.82, 2.24) is 4.98 Å². The number of anilines is 1. The zero-order valence-electron chi connectivity index (χ0n) is 14.3. The van der Waals surface area contributed by atoms with Gasteiger partial charge >= 0.3 is 0 Å². The van der Waals surface area contributed by atoms with Crippen LogP contribution in [0.2, 0.25) is 0 Å². The lowest BCUT2D eigenvalue weighted by atomic mass is 9.96. The third-order valence-electron chi connectivity index (χ3n) is 4.33. The Bertz CT molecular complexity index is 1100. The van der Waals surface area contributed by atoms with Gasteiger partial charge in [-0.2, -0.15) is 0 Å². The van der Waals surface area contributed by atoms with Crippen LogP contribution in [-0.4, -0.2) is 19.7 Å². The van der Waals surface area contributed by atoms with Gasteiger partial charge in [0.25, 0.3) is 0 Å². The lowest BCUT2D eigenvalue weighted by molar-refractivity contribution is 0.607. The summed E-state index contributed by atoms with van der Waals surface area (Å²) in [6.45, 7) is 0. The lowest BCUT2D eigenvalue weighted by Crippen LogP contribution is -2.09. The van der Waals surface area contributed by atoms with E-state index in [0.29, 0.717) is 5.69 Å². The third-order valence-corrected chi connectivity index (χ3v) is 5.83. The molecule has 1 aromatic heterocycles. The van der Waals surface area contributed by atoms with Gasteiger partial charge in [-0.25, -0.2) is 13.4 Å². The van der Waals surface area contributed by atoms with Crippen LogP contribution in [0.5, 0.6) is 0 Å². The predicted octanol–water partition coefficient (Wildman–Crippen LogP) is 4.20. The minimum Gasteiger partial charge on any atom is -0.284 e. The van der Waals surface area contributed by atoms with Gasteiger partial charge in [-0.05, 0) is 47.7 Å². The van der Waals surface area contributed by atoms with Gasteiger partial charge in [0, 0.05) is 16.1 Å². The van der Waals surface area contributed by atoms with Crippen LogP contribution >= 0.6 is 11.3 Å². The topological polar surface area (TPSA) is 59.1 Å². The average molecular weight is 383 g/mol. The van der Waals surface area contributed by atoms with Crippen molar-refractivity contribution in [2.75, 3.05) is 11.0 Å². The number of sulfonamides is 1. The molecule has 26 heavy (non-hydrogen) atoms. The number of hydrogen-bond donors (Lipinski definition) is 1. The second-order valence-corrected chi connectivity index (χ2v) is 9.03. The van der Waals surface area contributed by atoms with Crippen LogP contribution in [0.25, 0.3) is 11.6 Å². The molecule has 6 heteroatoms. The molecule has 0 bridgehead atoms. The molecule has 0 amide bonds. The Morgan fingerprint density at radius 2 is 1.96 bits per heavy atom. The Labute approximate surface area is 157 Å². The first-order valence-electron chi connectivity index (χ1n) is 8.30. The van der Waals surface area contributed by atoms with Gasteiger partial charge in [-0.15, -0.1) is 11.3 Å². The largest absolute Gasteiger partial charge is 0.284 e. The minimum absolute atomic E-state index is 0.558. The van der Waals surface area contributed by atoms with Gasteiger partial charge in [0.15, 0.2) is 0 Å². The van der Waals surface area contributed by atoms with E-state index in [9.17, 15) is 8.42 Å². The van der Waals surface area contributed by atoms with E-state index in [1.807, 2.05) is 29.8 Å². The van der Waals surface area contributed by atoms with Crippen molar-refractivity contribution in [3.05, 3.63) is 81.3 Å². The molecule has 132 valence electrons. The summed E-state index contributed by atoms with van der Waals surface area (Å²) in [7, 11) is -3.30. The molecule has 0 atom stereocenters. The summed E-state index contributed by atoms with van der Waals surface area (Å²) in [6, 6.07) is 15.8. The van der Waals surface area contributed by atoms with Crippen LogP contribution in [0.1, 0.15) is 27.3 Å². The van der Waals surface area contributed by atoms with Crippen LogP contribution in [0.15, 0.2) is 54.0 Å². The molecule has 0 spiro atoms. The Balaban J connectivity index is 1.84. The van der Waals surface area contributed by atoms with Gasteiger partial charge in [-0.1, -0.05) is 36.4 Å². The first-order valence-corrected chi connectivity index (χ1v) is 11.1. The van der Waals surface area contributed by atoms with E-state index in [4.69, 9.17) is 0 Å². The molecule has 0 saturated carbocycles. The van der Waals surface area contributed by atoms with Crippen LogP contribution in [-0.2, 0) is 22.9 Å². The molecule has 0 radical (unpaired) electrons. The normalized spacial score (nSPS) is 15.2. The van der Waals surface area contributed by atoms with E-state index in [1.165, 1.54) is 16.0 Å². The maximum absolute atomic E-state index is 11.5. The number of aromatic nitrogens is 1. The first-order chi connectivity index (χ1) is 12.5. The van der Waals surface area contributed by atoms with Gasteiger partial charge in [0.1, 0.15) is 0 Å². The standard InChI is InChI=1S/C20H18N2O2S2/c1-26(23,24)22-16-7-4-5-14(11-16)12-18-17-8-3-2-6-15(17)9-10-19-20(18)21-13-25-19/h2-8,11-13,22H,9-10H2,1H3/b18-12-. The molecule has 2 aromatic carbocycles. The summed E-state index contributed by atoms with van der Waals surface area (Å²) >= 11 is 1.69. The van der Waals surface area contributed by atoms with Crippen molar-refractivity contribution in [3.8, 4) is 0 Å². The van der Waals surface area contributed by atoms with Gasteiger partial charge in [-0.3, -0.25) is 4.72 Å². The second-order valence-electron chi connectivity index (χ2n) is 6.34. The van der Waals surface area contributed by atoms with Crippen molar-refractivity contribution in [1.29, 1.82) is 0 Å². The van der Waals surface area contributed by atoms with Crippen molar-refractivity contribution in [3.63, 3.8) is 0 Å². The number of rotatable bonds is 3. The van der Waals surface area contributed by atoms with Crippen molar-refractivity contribution < 1.29 is 8.42 Å². The SMILES string of the molecule is CS(=O)(=O)Nc1cccc(/C=C2/c3ccccc3CCc3scnc32)c1. The summed E-state index contributed by atoms with van der Waals surface area (Å²) in [4.78, 5) is 5.90. The molecule has 4 nitrogen and oxygen atoms in total. The fraction of sp³-hybridized carbons (Fsp3) is 0.150. The molecular formula is C20H18N2O2S2. The second kappa shape index (κ2) is 6.70. The number of fused-ring (bicyclic) bond motifs is 2. The number of benzene rings is 2. The van der Waals surface area contributed by atoms with E-state index in [1.54, 1.807) is 17.4 Å². The molecule has 1 N–H and O–H groups in total. The summed E-state index contributed by atoms with van der Waals surface area (Å²) in [6.07, 6.45) is 5.24. The molecular weight excluding hydrogens is 364 g/mol. The van der Waals surface area contributed by atoms with Gasteiger partial charge in [0.2, 0.25) is 10.0 Å². The monoisotopic (exact) mass is 382 g/mol. The number of nitrogens with one attached hydrogen (secondary N) is 1. The average Bonchev–Trinajstić information content (AvgIpc) is 3.00. The number of nitrogens with zero attached hydrogens (tertiary/aromatic N) is 1. The van der Waals surface area contributed by atoms with Gasteiger partial charge < -0.3 is 0 Å². The maximum atomic E-state index is 11.5. The molecule has 1 aliphatic rings. The molecule has 0 unspecified atom stereocenters. The quantitative estimate of drug-likeness (QED) is 0.738. The fourth-order valence-electron chi connectivity index (χ4n) is 3.26. The molecule has 0 fully saturated rings. The Hall–Kier alpha value is -2.44. The van der Waals surface area contributed by atoms with Crippen LogP contribution in [0.3, 0.4) is 0 Å². The van der Waals surface area contributed by atoms with E-state index in [0.717, 1.165) is 35.9 Å².